The van der Waals surface area contributed by atoms with Gasteiger partial charge >= 0.3 is 5.97 Å². The number of ether oxygens (including phenoxy) is 2. The van der Waals surface area contributed by atoms with Crippen molar-refractivity contribution in [2.45, 2.75) is 57.5 Å². The summed E-state index contributed by atoms with van der Waals surface area (Å²) >= 11 is 5.99. The first-order valence-electron chi connectivity index (χ1n) is 11.2. The summed E-state index contributed by atoms with van der Waals surface area (Å²) in [5.74, 6) is -0.757. The molecule has 0 aromatic heterocycles. The summed E-state index contributed by atoms with van der Waals surface area (Å²) in [5.41, 5.74) is 1.31. The molecule has 2 atom stereocenters. The number of esters is 1. The van der Waals surface area contributed by atoms with Crippen LogP contribution in [0.1, 0.15) is 59.3 Å². The topological polar surface area (TPSA) is 44.8 Å². The minimum absolute atomic E-state index is 0.190. The SMILES string of the molecule is CCC(O[Si](C)(C)C)(c1cc(F)c2c(c1)C(=O)OC2c1ccc(Cl)cc1)C1CCOCC1. The number of halogens is 2. The summed E-state index contributed by atoms with van der Waals surface area (Å²) in [7, 11) is -2.00. The van der Waals surface area contributed by atoms with Gasteiger partial charge < -0.3 is 13.9 Å². The summed E-state index contributed by atoms with van der Waals surface area (Å²) in [4.78, 5) is 12.8. The number of fused-ring (bicyclic) bond motifs is 1. The number of hydrogen-bond donors (Lipinski definition) is 0. The summed E-state index contributed by atoms with van der Waals surface area (Å²) in [5, 5.41) is 0.571. The molecule has 2 aliphatic rings. The second-order valence-corrected chi connectivity index (χ2v) is 14.5. The molecule has 32 heavy (non-hydrogen) atoms. The lowest BCUT2D eigenvalue weighted by Crippen LogP contribution is -2.47. The first-order valence-corrected chi connectivity index (χ1v) is 15.0. The van der Waals surface area contributed by atoms with Gasteiger partial charge in [-0.3, -0.25) is 0 Å². The Bertz CT molecular complexity index is 998. The van der Waals surface area contributed by atoms with Gasteiger partial charge in [0.15, 0.2) is 14.4 Å². The van der Waals surface area contributed by atoms with Gasteiger partial charge in [-0.25, -0.2) is 9.18 Å². The molecule has 2 unspecified atom stereocenters. The van der Waals surface area contributed by atoms with E-state index in [0.29, 0.717) is 30.2 Å². The summed E-state index contributed by atoms with van der Waals surface area (Å²) in [6, 6.07) is 10.3. The minimum Gasteiger partial charge on any atom is -0.449 e. The molecule has 2 heterocycles. The van der Waals surface area contributed by atoms with Crippen LogP contribution in [0.15, 0.2) is 36.4 Å². The maximum Gasteiger partial charge on any atom is 0.339 e. The monoisotopic (exact) mass is 476 g/mol. The van der Waals surface area contributed by atoms with Gasteiger partial charge in [0, 0.05) is 23.8 Å². The van der Waals surface area contributed by atoms with Crippen molar-refractivity contribution < 1.29 is 23.1 Å². The molecule has 1 fully saturated rings. The van der Waals surface area contributed by atoms with Crippen molar-refractivity contribution in [3.8, 4) is 0 Å². The molecule has 0 bridgehead atoms. The molecule has 0 amide bonds. The van der Waals surface area contributed by atoms with Crippen molar-refractivity contribution in [1.29, 1.82) is 0 Å². The van der Waals surface area contributed by atoms with Crippen molar-refractivity contribution in [3.05, 3.63) is 69.5 Å². The zero-order valence-corrected chi connectivity index (χ0v) is 20.8. The Labute approximate surface area is 195 Å². The molecular formula is C25H30ClFO4Si. The maximum absolute atomic E-state index is 15.7. The van der Waals surface area contributed by atoms with Crippen LogP contribution in [0.25, 0.3) is 0 Å². The molecule has 172 valence electrons. The molecule has 0 spiro atoms. The molecule has 4 rings (SSSR count). The highest BCUT2D eigenvalue weighted by Gasteiger charge is 2.46. The Morgan fingerprint density at radius 3 is 2.41 bits per heavy atom. The third-order valence-electron chi connectivity index (χ3n) is 6.39. The fourth-order valence-electron chi connectivity index (χ4n) is 5.05. The van der Waals surface area contributed by atoms with E-state index in [0.717, 1.165) is 18.4 Å². The minimum atomic E-state index is -2.00. The highest BCUT2D eigenvalue weighted by atomic mass is 35.5. The van der Waals surface area contributed by atoms with Crippen molar-refractivity contribution in [2.75, 3.05) is 13.2 Å². The summed E-state index contributed by atoms with van der Waals surface area (Å²) in [6.45, 7) is 9.84. The Morgan fingerprint density at radius 2 is 1.81 bits per heavy atom. The van der Waals surface area contributed by atoms with E-state index >= 15 is 4.39 Å². The van der Waals surface area contributed by atoms with Gasteiger partial charge in [-0.15, -0.1) is 0 Å². The predicted molar refractivity (Wildman–Crippen MR) is 125 cm³/mol. The van der Waals surface area contributed by atoms with Gasteiger partial charge in [0.05, 0.1) is 11.2 Å². The quantitative estimate of drug-likeness (QED) is 0.347. The number of rotatable bonds is 6. The van der Waals surface area contributed by atoms with Crippen LogP contribution < -0.4 is 0 Å². The first-order chi connectivity index (χ1) is 15.1. The standard InChI is InChI=1S/C25H30ClFO4Si/c1-5-25(31-32(2,3)4,17-10-12-29-13-11-17)18-14-20-22(21(27)15-18)23(30-24(20)28)16-6-8-19(26)9-7-16/h6-9,14-15,17,23H,5,10-13H2,1-4H3. The van der Waals surface area contributed by atoms with Gasteiger partial charge in [0.25, 0.3) is 0 Å². The lowest BCUT2D eigenvalue weighted by molar-refractivity contribution is -0.0601. The van der Waals surface area contributed by atoms with Crippen LogP contribution in [-0.2, 0) is 19.5 Å². The number of cyclic esters (lactones) is 1. The van der Waals surface area contributed by atoms with Crippen molar-refractivity contribution in [2.24, 2.45) is 5.92 Å². The van der Waals surface area contributed by atoms with Gasteiger partial charge in [0.1, 0.15) is 5.82 Å². The van der Waals surface area contributed by atoms with Crippen LogP contribution in [0, 0.1) is 11.7 Å². The molecule has 2 aliphatic heterocycles. The molecular weight excluding hydrogens is 447 g/mol. The van der Waals surface area contributed by atoms with E-state index in [2.05, 4.69) is 26.6 Å². The second kappa shape index (κ2) is 8.90. The molecule has 0 radical (unpaired) electrons. The van der Waals surface area contributed by atoms with Crippen molar-refractivity contribution in [1.82, 2.24) is 0 Å². The average Bonchev–Trinajstić information content (AvgIpc) is 3.09. The Balaban J connectivity index is 1.82. The molecule has 4 nitrogen and oxygen atoms in total. The molecule has 1 saturated heterocycles. The largest absolute Gasteiger partial charge is 0.449 e. The molecule has 7 heteroatoms. The number of carbonyl (C=O) groups excluding carboxylic acids is 1. The number of hydrogen-bond acceptors (Lipinski definition) is 4. The lowest BCUT2D eigenvalue weighted by atomic mass is 9.74. The highest BCUT2D eigenvalue weighted by molar-refractivity contribution is 6.69. The van der Waals surface area contributed by atoms with E-state index in [1.807, 2.05) is 0 Å². The third kappa shape index (κ3) is 4.38. The fourth-order valence-corrected chi connectivity index (χ4v) is 6.70. The lowest BCUT2D eigenvalue weighted by Gasteiger charge is -2.46. The number of carbonyl (C=O) groups is 1. The van der Waals surface area contributed by atoms with Crippen molar-refractivity contribution in [3.63, 3.8) is 0 Å². The molecule has 2 aromatic carbocycles. The zero-order chi connectivity index (χ0) is 23.1. The number of benzene rings is 2. The summed E-state index contributed by atoms with van der Waals surface area (Å²) in [6.07, 6.45) is 1.60. The first kappa shape index (κ1) is 23.4. The van der Waals surface area contributed by atoms with Gasteiger partial charge in [0.2, 0.25) is 0 Å². The normalized spacial score (nSPS) is 21.2. The highest BCUT2D eigenvalue weighted by Crippen LogP contribution is 2.47. The van der Waals surface area contributed by atoms with Gasteiger partial charge in [-0.1, -0.05) is 30.7 Å². The van der Waals surface area contributed by atoms with Crippen LogP contribution in [0.2, 0.25) is 24.7 Å². The van der Waals surface area contributed by atoms with E-state index in [1.165, 1.54) is 0 Å². The second-order valence-electron chi connectivity index (χ2n) is 9.60. The van der Waals surface area contributed by atoms with Crippen LogP contribution in [0.5, 0.6) is 0 Å². The fraction of sp³-hybridized carbons (Fsp3) is 0.480. The van der Waals surface area contributed by atoms with Crippen LogP contribution in [0.3, 0.4) is 0 Å². The third-order valence-corrected chi connectivity index (χ3v) is 7.62. The van der Waals surface area contributed by atoms with Crippen LogP contribution in [0.4, 0.5) is 4.39 Å². The maximum atomic E-state index is 15.7. The van der Waals surface area contributed by atoms with E-state index < -0.39 is 31.8 Å². The Hall–Kier alpha value is -1.73. The Kier molecular flexibility index (Phi) is 6.51. The molecule has 0 N–H and O–H groups in total. The summed E-state index contributed by atoms with van der Waals surface area (Å²) < 4.78 is 33.7. The molecule has 0 aliphatic carbocycles. The van der Waals surface area contributed by atoms with Crippen LogP contribution >= 0.6 is 11.6 Å². The van der Waals surface area contributed by atoms with Crippen molar-refractivity contribution >= 4 is 25.9 Å². The van der Waals surface area contributed by atoms with Gasteiger partial charge in [-0.2, -0.15) is 0 Å². The van der Waals surface area contributed by atoms with E-state index in [9.17, 15) is 4.79 Å². The predicted octanol–water partition coefficient (Wildman–Crippen LogP) is 6.62. The van der Waals surface area contributed by atoms with Crippen LogP contribution in [-0.4, -0.2) is 27.5 Å². The average molecular weight is 477 g/mol. The Morgan fingerprint density at radius 1 is 1.16 bits per heavy atom. The van der Waals surface area contributed by atoms with E-state index in [-0.39, 0.29) is 17.0 Å². The molecule has 0 saturated carbocycles. The zero-order valence-electron chi connectivity index (χ0n) is 19.0. The van der Waals surface area contributed by atoms with E-state index in [1.54, 1.807) is 36.4 Å². The molecule has 2 aromatic rings. The smallest absolute Gasteiger partial charge is 0.339 e. The van der Waals surface area contributed by atoms with Gasteiger partial charge in [-0.05, 0) is 80.2 Å². The van der Waals surface area contributed by atoms with E-state index in [4.69, 9.17) is 25.5 Å².